The molecule has 3 rings (SSSR count). The molecule has 1 aliphatic rings. The summed E-state index contributed by atoms with van der Waals surface area (Å²) in [6.07, 6.45) is 4.03. The molecule has 2 heterocycles. The van der Waals surface area contributed by atoms with E-state index in [2.05, 4.69) is 14.6 Å². The molecule has 10 heteroatoms. The second kappa shape index (κ2) is 8.42. The van der Waals surface area contributed by atoms with Crippen LogP contribution in [-0.2, 0) is 28.4 Å². The number of aryl methyl sites for hydroxylation is 1. The molecule has 1 aromatic heterocycles. The molecule has 1 fully saturated rings. The summed E-state index contributed by atoms with van der Waals surface area (Å²) < 4.78 is 61.1. The Morgan fingerprint density at radius 3 is 2.89 bits per heavy atom. The Balaban J connectivity index is 1.60. The highest BCUT2D eigenvalue weighted by Gasteiger charge is 2.25. The third-order valence-corrected chi connectivity index (χ3v) is 6.08. The number of halogens is 2. The van der Waals surface area contributed by atoms with E-state index >= 15 is 0 Å². The number of morpholine rings is 1. The summed E-state index contributed by atoms with van der Waals surface area (Å²) in [6, 6.07) is 2.42. The quantitative estimate of drug-likeness (QED) is 0.758. The van der Waals surface area contributed by atoms with E-state index in [0.29, 0.717) is 32.2 Å². The molecule has 0 saturated carbocycles. The predicted molar refractivity (Wildman–Crippen MR) is 94.4 cm³/mol. The number of imidazole rings is 1. The third kappa shape index (κ3) is 4.89. The van der Waals surface area contributed by atoms with Gasteiger partial charge < -0.3 is 9.30 Å². The zero-order chi connectivity index (χ0) is 19.4. The smallest absolute Gasteiger partial charge is 0.243 e. The van der Waals surface area contributed by atoms with E-state index in [0.717, 1.165) is 24.4 Å². The number of nitrogens with zero attached hydrogens (tertiary/aromatic N) is 3. The second-order valence-corrected chi connectivity index (χ2v) is 8.19. The van der Waals surface area contributed by atoms with Crippen molar-refractivity contribution < 1.29 is 21.9 Å². The predicted octanol–water partition coefficient (Wildman–Crippen LogP) is 1.27. The van der Waals surface area contributed by atoms with Gasteiger partial charge in [0.05, 0.1) is 25.2 Å². The summed E-state index contributed by atoms with van der Waals surface area (Å²) in [5.41, 5.74) is 1.05. The van der Waals surface area contributed by atoms with Gasteiger partial charge in [0.25, 0.3) is 0 Å². The Kier molecular flexibility index (Phi) is 6.20. The zero-order valence-electron chi connectivity index (χ0n) is 14.9. The summed E-state index contributed by atoms with van der Waals surface area (Å²) in [7, 11) is -2.13. The summed E-state index contributed by atoms with van der Waals surface area (Å²) in [5, 5.41) is 0. The van der Waals surface area contributed by atoms with E-state index in [1.54, 1.807) is 12.5 Å². The fourth-order valence-corrected chi connectivity index (χ4v) is 4.14. The molecule has 1 aromatic carbocycles. The van der Waals surface area contributed by atoms with E-state index in [9.17, 15) is 17.2 Å². The second-order valence-electron chi connectivity index (χ2n) is 6.46. The summed E-state index contributed by atoms with van der Waals surface area (Å²) >= 11 is 0. The summed E-state index contributed by atoms with van der Waals surface area (Å²) in [6.45, 7) is 2.64. The number of sulfonamides is 1. The van der Waals surface area contributed by atoms with Crippen LogP contribution in [-0.4, -0.2) is 55.2 Å². The van der Waals surface area contributed by atoms with Crippen LogP contribution in [0, 0.1) is 11.6 Å². The van der Waals surface area contributed by atoms with Gasteiger partial charge in [0.1, 0.15) is 16.5 Å². The van der Waals surface area contributed by atoms with Gasteiger partial charge in [0.15, 0.2) is 0 Å². The van der Waals surface area contributed by atoms with Crippen molar-refractivity contribution in [3.8, 4) is 0 Å². The van der Waals surface area contributed by atoms with Gasteiger partial charge in [0, 0.05) is 45.0 Å². The van der Waals surface area contributed by atoms with Crippen LogP contribution in [0.25, 0.3) is 0 Å². The zero-order valence-corrected chi connectivity index (χ0v) is 15.8. The Labute approximate surface area is 157 Å². The van der Waals surface area contributed by atoms with E-state index in [1.165, 1.54) is 0 Å². The van der Waals surface area contributed by atoms with Crippen LogP contribution in [0.4, 0.5) is 8.78 Å². The topological polar surface area (TPSA) is 76.5 Å². The lowest BCUT2D eigenvalue weighted by Crippen LogP contribution is -2.46. The van der Waals surface area contributed by atoms with Crippen molar-refractivity contribution in [1.82, 2.24) is 19.2 Å². The largest absolute Gasteiger partial charge is 0.378 e. The molecule has 148 valence electrons. The Morgan fingerprint density at radius 2 is 2.19 bits per heavy atom. The molecule has 0 aliphatic carbocycles. The number of benzene rings is 1. The molecular formula is C17H22F2N4O3S. The fraction of sp³-hybridized carbons (Fsp3) is 0.471. The highest BCUT2D eigenvalue weighted by atomic mass is 32.2. The molecule has 2 aromatic rings. The lowest BCUT2D eigenvalue weighted by molar-refractivity contribution is -0.0147. The van der Waals surface area contributed by atoms with E-state index in [1.807, 2.05) is 11.6 Å². The maximum Gasteiger partial charge on any atom is 0.243 e. The molecule has 0 radical (unpaired) electrons. The van der Waals surface area contributed by atoms with Gasteiger partial charge in [-0.1, -0.05) is 0 Å². The summed E-state index contributed by atoms with van der Waals surface area (Å²) in [5.74, 6) is -1.93. The molecule has 27 heavy (non-hydrogen) atoms. The first-order valence-electron chi connectivity index (χ1n) is 8.58. The van der Waals surface area contributed by atoms with Crippen molar-refractivity contribution in [1.29, 1.82) is 0 Å². The molecule has 1 aliphatic heterocycles. The minimum Gasteiger partial charge on any atom is -0.378 e. The van der Waals surface area contributed by atoms with Gasteiger partial charge in [-0.15, -0.1) is 0 Å². The van der Waals surface area contributed by atoms with Crippen molar-refractivity contribution in [2.45, 2.75) is 23.9 Å². The van der Waals surface area contributed by atoms with Gasteiger partial charge in [-0.3, -0.25) is 4.90 Å². The molecule has 0 amide bonds. The van der Waals surface area contributed by atoms with Crippen molar-refractivity contribution >= 4 is 10.0 Å². The highest BCUT2D eigenvalue weighted by molar-refractivity contribution is 7.89. The number of aromatic nitrogens is 2. The standard InChI is InChI=1S/C17H22F2N4O3S/c1-22-12-20-9-15(22)10-23-6-7-26-11-14(23)4-5-21-27(24,25)17-3-2-13(18)8-16(17)19/h2-3,8-9,12,14,21H,4-7,10-11H2,1H3. The van der Waals surface area contributed by atoms with Crippen molar-refractivity contribution in [2.24, 2.45) is 7.05 Å². The maximum absolute atomic E-state index is 13.7. The normalized spacial score (nSPS) is 18.7. The number of hydrogen-bond acceptors (Lipinski definition) is 5. The van der Waals surface area contributed by atoms with Crippen LogP contribution in [0.1, 0.15) is 12.1 Å². The number of nitrogens with one attached hydrogen (secondary N) is 1. The molecule has 1 atom stereocenters. The molecule has 0 bridgehead atoms. The van der Waals surface area contributed by atoms with Gasteiger partial charge in [-0.2, -0.15) is 0 Å². The SMILES string of the molecule is Cn1cncc1CN1CCOCC1CCNS(=O)(=O)c1ccc(F)cc1F. The van der Waals surface area contributed by atoms with Gasteiger partial charge in [-0.05, 0) is 18.6 Å². The van der Waals surface area contributed by atoms with Crippen LogP contribution in [0.15, 0.2) is 35.6 Å². The monoisotopic (exact) mass is 400 g/mol. The first kappa shape index (κ1) is 19.9. The average molecular weight is 400 g/mol. The molecule has 1 unspecified atom stereocenters. The van der Waals surface area contributed by atoms with Crippen LogP contribution in [0.3, 0.4) is 0 Å². The molecular weight excluding hydrogens is 378 g/mol. The van der Waals surface area contributed by atoms with Crippen LogP contribution in [0.2, 0.25) is 0 Å². The number of rotatable bonds is 7. The summed E-state index contributed by atoms with van der Waals surface area (Å²) in [4.78, 5) is 5.76. The number of hydrogen-bond donors (Lipinski definition) is 1. The molecule has 1 saturated heterocycles. The van der Waals surface area contributed by atoms with Gasteiger partial charge >= 0.3 is 0 Å². The van der Waals surface area contributed by atoms with Crippen LogP contribution < -0.4 is 4.72 Å². The van der Waals surface area contributed by atoms with Crippen LogP contribution in [0.5, 0.6) is 0 Å². The lowest BCUT2D eigenvalue weighted by atomic mass is 10.1. The third-order valence-electron chi connectivity index (χ3n) is 4.58. The Morgan fingerprint density at radius 1 is 1.37 bits per heavy atom. The van der Waals surface area contributed by atoms with Crippen LogP contribution >= 0.6 is 0 Å². The molecule has 7 nitrogen and oxygen atoms in total. The lowest BCUT2D eigenvalue weighted by Gasteiger charge is -2.35. The van der Waals surface area contributed by atoms with Gasteiger partial charge in [-0.25, -0.2) is 26.9 Å². The minimum atomic E-state index is -4.05. The molecule has 0 spiro atoms. The highest BCUT2D eigenvalue weighted by Crippen LogP contribution is 2.17. The fourth-order valence-electron chi connectivity index (χ4n) is 3.04. The first-order valence-corrected chi connectivity index (χ1v) is 10.1. The Bertz CT molecular complexity index is 888. The minimum absolute atomic E-state index is 0.0226. The van der Waals surface area contributed by atoms with Gasteiger partial charge in [0.2, 0.25) is 10.0 Å². The van der Waals surface area contributed by atoms with Crippen molar-refractivity contribution in [3.63, 3.8) is 0 Å². The Hall–Kier alpha value is -1.88. The van der Waals surface area contributed by atoms with Crippen molar-refractivity contribution in [2.75, 3.05) is 26.3 Å². The van der Waals surface area contributed by atoms with Crippen molar-refractivity contribution in [3.05, 3.63) is 48.1 Å². The van der Waals surface area contributed by atoms with E-state index in [4.69, 9.17) is 4.74 Å². The number of ether oxygens (including phenoxy) is 1. The first-order chi connectivity index (χ1) is 12.9. The molecule has 1 N–H and O–H groups in total. The average Bonchev–Trinajstić information content (AvgIpc) is 3.01. The van der Waals surface area contributed by atoms with E-state index < -0.39 is 26.6 Å². The maximum atomic E-state index is 13.7. The van der Waals surface area contributed by atoms with E-state index in [-0.39, 0.29) is 12.6 Å².